The molecule has 3 nitrogen and oxygen atoms in total. The second-order valence-corrected chi connectivity index (χ2v) is 7.40. The summed E-state index contributed by atoms with van der Waals surface area (Å²) < 4.78 is 0. The highest BCUT2D eigenvalue weighted by molar-refractivity contribution is 5.74. The number of fused-ring (bicyclic) bond motifs is 1. The van der Waals surface area contributed by atoms with Crippen molar-refractivity contribution in [2.24, 2.45) is 17.3 Å². The van der Waals surface area contributed by atoms with Crippen LogP contribution in [-0.4, -0.2) is 34.6 Å². The summed E-state index contributed by atoms with van der Waals surface area (Å²) in [5, 5.41) is 9.58. The van der Waals surface area contributed by atoms with E-state index >= 15 is 0 Å². The van der Waals surface area contributed by atoms with Gasteiger partial charge < -0.3 is 5.11 Å². The second-order valence-electron chi connectivity index (χ2n) is 7.40. The third-order valence-corrected chi connectivity index (χ3v) is 5.59. The topological polar surface area (TPSA) is 40.5 Å². The standard InChI is InChI=1S/C15H25NO2/c1-15(2)7-6-11(8-15)16-9-10-4-3-5-12(10)13(16)14(17)18/h10-13H,3-9H2,1-2H3,(H,17,18). The zero-order valence-electron chi connectivity index (χ0n) is 11.6. The Labute approximate surface area is 110 Å². The third-order valence-electron chi connectivity index (χ3n) is 5.59. The predicted molar refractivity (Wildman–Crippen MR) is 70.4 cm³/mol. The van der Waals surface area contributed by atoms with Crippen LogP contribution in [-0.2, 0) is 4.79 Å². The number of carbonyl (C=O) groups is 1. The van der Waals surface area contributed by atoms with Gasteiger partial charge >= 0.3 is 5.97 Å². The molecule has 1 saturated heterocycles. The fourth-order valence-electron chi connectivity index (χ4n) is 4.72. The lowest BCUT2D eigenvalue weighted by molar-refractivity contribution is -0.144. The molecular weight excluding hydrogens is 226 g/mol. The molecule has 3 aliphatic rings. The van der Waals surface area contributed by atoms with Gasteiger partial charge in [-0.3, -0.25) is 9.69 Å². The van der Waals surface area contributed by atoms with Gasteiger partial charge in [-0.05, 0) is 49.4 Å². The van der Waals surface area contributed by atoms with Gasteiger partial charge in [0.25, 0.3) is 0 Å². The molecular formula is C15H25NO2. The molecule has 1 aliphatic heterocycles. The maximum Gasteiger partial charge on any atom is 0.321 e. The van der Waals surface area contributed by atoms with E-state index in [0.29, 0.717) is 23.3 Å². The van der Waals surface area contributed by atoms with E-state index in [1.165, 1.54) is 32.1 Å². The molecule has 2 aliphatic carbocycles. The maximum atomic E-state index is 11.6. The maximum absolute atomic E-state index is 11.6. The Morgan fingerprint density at radius 1 is 1.28 bits per heavy atom. The average molecular weight is 251 g/mol. The molecule has 1 N–H and O–H groups in total. The van der Waals surface area contributed by atoms with Crippen LogP contribution in [0.3, 0.4) is 0 Å². The summed E-state index contributed by atoms with van der Waals surface area (Å²) in [4.78, 5) is 14.0. The predicted octanol–water partition coefficient (Wildman–Crippen LogP) is 2.75. The van der Waals surface area contributed by atoms with E-state index in [1.807, 2.05) is 0 Å². The molecule has 18 heavy (non-hydrogen) atoms. The molecule has 0 amide bonds. The first-order chi connectivity index (χ1) is 8.48. The van der Waals surface area contributed by atoms with Crippen LogP contribution in [0.25, 0.3) is 0 Å². The van der Waals surface area contributed by atoms with Crippen LogP contribution in [0.2, 0.25) is 0 Å². The molecule has 0 aromatic carbocycles. The fraction of sp³-hybridized carbons (Fsp3) is 0.933. The first-order valence-electron chi connectivity index (χ1n) is 7.46. The molecule has 0 radical (unpaired) electrons. The van der Waals surface area contributed by atoms with Gasteiger partial charge in [-0.1, -0.05) is 20.3 Å². The van der Waals surface area contributed by atoms with Gasteiger partial charge in [0.2, 0.25) is 0 Å². The SMILES string of the molecule is CC1(C)CCC(N2CC3CCCC3C2C(=O)O)C1. The summed E-state index contributed by atoms with van der Waals surface area (Å²) in [6.45, 7) is 5.68. The normalized spacial score (nSPS) is 43.2. The minimum absolute atomic E-state index is 0.184. The van der Waals surface area contributed by atoms with Crippen molar-refractivity contribution in [3.8, 4) is 0 Å². The number of carboxylic acids is 1. The van der Waals surface area contributed by atoms with Crippen LogP contribution in [0, 0.1) is 17.3 Å². The van der Waals surface area contributed by atoms with Gasteiger partial charge in [-0.25, -0.2) is 0 Å². The molecule has 3 heteroatoms. The largest absolute Gasteiger partial charge is 0.480 e. The van der Waals surface area contributed by atoms with Crippen molar-refractivity contribution in [3.05, 3.63) is 0 Å². The Morgan fingerprint density at radius 2 is 2.06 bits per heavy atom. The van der Waals surface area contributed by atoms with E-state index in [1.54, 1.807) is 0 Å². The molecule has 3 fully saturated rings. The molecule has 3 rings (SSSR count). The van der Waals surface area contributed by atoms with Gasteiger partial charge in [0, 0.05) is 12.6 Å². The van der Waals surface area contributed by atoms with E-state index < -0.39 is 5.97 Å². The number of aliphatic carboxylic acids is 1. The molecule has 102 valence electrons. The van der Waals surface area contributed by atoms with Crippen molar-refractivity contribution in [2.45, 2.75) is 64.5 Å². The smallest absolute Gasteiger partial charge is 0.321 e. The minimum atomic E-state index is -0.575. The highest BCUT2D eigenvalue weighted by atomic mass is 16.4. The Hall–Kier alpha value is -0.570. The number of carboxylic acid groups (broad SMARTS) is 1. The lowest BCUT2D eigenvalue weighted by Gasteiger charge is -2.31. The number of hydrogen-bond acceptors (Lipinski definition) is 2. The van der Waals surface area contributed by atoms with Crippen LogP contribution in [0.4, 0.5) is 0 Å². The third kappa shape index (κ3) is 1.97. The van der Waals surface area contributed by atoms with E-state index in [-0.39, 0.29) is 6.04 Å². The lowest BCUT2D eigenvalue weighted by atomic mass is 9.91. The number of nitrogens with zero attached hydrogens (tertiary/aromatic N) is 1. The van der Waals surface area contributed by atoms with Gasteiger partial charge in [-0.15, -0.1) is 0 Å². The summed E-state index contributed by atoms with van der Waals surface area (Å²) in [5.41, 5.74) is 0.408. The van der Waals surface area contributed by atoms with Crippen LogP contribution in [0.15, 0.2) is 0 Å². The first-order valence-corrected chi connectivity index (χ1v) is 7.46. The van der Waals surface area contributed by atoms with Crippen molar-refractivity contribution in [3.63, 3.8) is 0 Å². The highest BCUT2D eigenvalue weighted by Crippen LogP contribution is 2.47. The van der Waals surface area contributed by atoms with E-state index in [0.717, 1.165) is 13.0 Å². The van der Waals surface area contributed by atoms with Gasteiger partial charge in [0.15, 0.2) is 0 Å². The summed E-state index contributed by atoms with van der Waals surface area (Å²) in [5.74, 6) is 0.523. The molecule has 4 unspecified atom stereocenters. The Bertz CT molecular complexity index is 352. The molecule has 0 aromatic rings. The summed E-state index contributed by atoms with van der Waals surface area (Å²) >= 11 is 0. The van der Waals surface area contributed by atoms with Crippen LogP contribution >= 0.6 is 0 Å². The molecule has 0 aromatic heterocycles. The van der Waals surface area contributed by atoms with Crippen LogP contribution in [0.1, 0.15) is 52.4 Å². The van der Waals surface area contributed by atoms with Crippen molar-refractivity contribution >= 4 is 5.97 Å². The average Bonchev–Trinajstić information content (AvgIpc) is 2.88. The summed E-state index contributed by atoms with van der Waals surface area (Å²) in [6.07, 6.45) is 7.24. The number of rotatable bonds is 2. The van der Waals surface area contributed by atoms with E-state index in [4.69, 9.17) is 0 Å². The molecule has 0 spiro atoms. The lowest BCUT2D eigenvalue weighted by Crippen LogP contribution is -2.45. The summed E-state index contributed by atoms with van der Waals surface area (Å²) in [6, 6.07) is 0.336. The quantitative estimate of drug-likeness (QED) is 0.820. The van der Waals surface area contributed by atoms with Crippen molar-refractivity contribution in [2.75, 3.05) is 6.54 Å². The molecule has 1 heterocycles. The Balaban J connectivity index is 1.77. The van der Waals surface area contributed by atoms with Crippen molar-refractivity contribution in [1.82, 2.24) is 4.90 Å². The number of likely N-dealkylation sites (tertiary alicyclic amines) is 1. The van der Waals surface area contributed by atoms with Gasteiger partial charge in [0.05, 0.1) is 0 Å². The molecule has 4 atom stereocenters. The number of hydrogen-bond donors (Lipinski definition) is 1. The van der Waals surface area contributed by atoms with E-state index in [9.17, 15) is 9.90 Å². The molecule has 2 saturated carbocycles. The van der Waals surface area contributed by atoms with E-state index in [2.05, 4.69) is 18.7 Å². The highest BCUT2D eigenvalue weighted by Gasteiger charge is 2.51. The van der Waals surface area contributed by atoms with Crippen LogP contribution in [0.5, 0.6) is 0 Å². The second kappa shape index (κ2) is 4.22. The zero-order valence-corrected chi connectivity index (χ0v) is 11.6. The monoisotopic (exact) mass is 251 g/mol. The minimum Gasteiger partial charge on any atom is -0.480 e. The van der Waals surface area contributed by atoms with Crippen molar-refractivity contribution < 1.29 is 9.90 Å². The molecule has 0 bridgehead atoms. The van der Waals surface area contributed by atoms with Gasteiger partial charge in [0.1, 0.15) is 6.04 Å². The van der Waals surface area contributed by atoms with Crippen LogP contribution < -0.4 is 0 Å². The fourth-order valence-corrected chi connectivity index (χ4v) is 4.72. The Morgan fingerprint density at radius 3 is 2.67 bits per heavy atom. The summed E-state index contributed by atoms with van der Waals surface area (Å²) in [7, 11) is 0. The Kier molecular flexibility index (Phi) is 2.92. The first kappa shape index (κ1) is 12.5. The van der Waals surface area contributed by atoms with Gasteiger partial charge in [-0.2, -0.15) is 0 Å². The zero-order chi connectivity index (χ0) is 12.9. The van der Waals surface area contributed by atoms with Crippen molar-refractivity contribution in [1.29, 1.82) is 0 Å².